The average molecular weight is 365 g/mol. The van der Waals surface area contributed by atoms with E-state index in [1.807, 2.05) is 0 Å². The lowest BCUT2D eigenvalue weighted by molar-refractivity contribution is 0.600. The molecule has 1 aromatic heterocycles. The highest BCUT2D eigenvalue weighted by Crippen LogP contribution is 2.27. The Hall–Kier alpha value is -1.05. The summed E-state index contributed by atoms with van der Waals surface area (Å²) in [5, 5.41) is 7.04. The molecule has 1 aromatic carbocycles. The van der Waals surface area contributed by atoms with Gasteiger partial charge in [0.2, 0.25) is 0 Å². The number of rotatable bonds is 3. The smallest absolute Gasteiger partial charge is 0.265 e. The Balaban J connectivity index is 2.39. The van der Waals surface area contributed by atoms with Crippen molar-refractivity contribution in [3.8, 4) is 0 Å². The van der Waals surface area contributed by atoms with Crippen LogP contribution in [0, 0.1) is 13.8 Å². The Kier molecular flexibility index (Phi) is 3.89. The molecule has 2 rings (SSSR count). The zero-order valence-corrected chi connectivity index (χ0v) is 13.3. The van der Waals surface area contributed by atoms with Crippen molar-refractivity contribution in [2.75, 3.05) is 4.72 Å². The number of benzene rings is 1. The molecule has 0 unspecified atom stereocenters. The van der Waals surface area contributed by atoms with Crippen LogP contribution in [-0.4, -0.2) is 18.6 Å². The number of anilines is 1. The molecule has 0 saturated carbocycles. The third-order valence-corrected chi connectivity index (χ3v) is 5.36. The molecule has 0 fully saturated rings. The monoisotopic (exact) mass is 363 g/mol. The van der Waals surface area contributed by atoms with E-state index in [0.717, 1.165) is 0 Å². The summed E-state index contributed by atoms with van der Waals surface area (Å²) in [7, 11) is -3.67. The van der Waals surface area contributed by atoms with Gasteiger partial charge in [0.05, 0.1) is 22.1 Å². The van der Waals surface area contributed by atoms with Gasteiger partial charge in [0.25, 0.3) is 10.0 Å². The normalized spacial score (nSPS) is 11.6. The molecule has 0 aliphatic carbocycles. The Morgan fingerprint density at radius 1 is 1.37 bits per heavy atom. The number of H-pyrrole nitrogens is 1. The van der Waals surface area contributed by atoms with E-state index >= 15 is 0 Å². The van der Waals surface area contributed by atoms with Gasteiger partial charge >= 0.3 is 0 Å². The number of aryl methyl sites for hydroxylation is 2. The summed E-state index contributed by atoms with van der Waals surface area (Å²) in [6.07, 6.45) is 0. The molecule has 0 amide bonds. The predicted octanol–water partition coefficient (Wildman–Crippen LogP) is 3.24. The fraction of sp³-hybridized carbons (Fsp3) is 0.182. The summed E-state index contributed by atoms with van der Waals surface area (Å²) >= 11 is 9.11. The number of hydrogen-bond donors (Lipinski definition) is 2. The molecule has 0 atom stereocenters. The van der Waals surface area contributed by atoms with Gasteiger partial charge in [0.1, 0.15) is 4.90 Å². The minimum absolute atomic E-state index is 0.165. The topological polar surface area (TPSA) is 74.8 Å². The third-order valence-electron chi connectivity index (χ3n) is 2.50. The summed E-state index contributed by atoms with van der Waals surface area (Å²) < 4.78 is 27.7. The van der Waals surface area contributed by atoms with Crippen LogP contribution in [0.25, 0.3) is 0 Å². The molecule has 0 radical (unpaired) electrons. The van der Waals surface area contributed by atoms with Gasteiger partial charge in [-0.3, -0.25) is 9.82 Å². The molecule has 8 heteroatoms. The average Bonchev–Trinajstić information content (AvgIpc) is 2.64. The molecule has 0 aliphatic heterocycles. The van der Waals surface area contributed by atoms with Crippen molar-refractivity contribution in [2.24, 2.45) is 0 Å². The summed E-state index contributed by atoms with van der Waals surface area (Å²) in [5.74, 6) is 0. The van der Waals surface area contributed by atoms with Crippen molar-refractivity contribution in [1.29, 1.82) is 0 Å². The highest BCUT2D eigenvalue weighted by Gasteiger charge is 2.22. The second-order valence-electron chi connectivity index (χ2n) is 4.00. The molecule has 0 aliphatic rings. The lowest BCUT2D eigenvalue weighted by Crippen LogP contribution is -2.14. The molecule has 2 N–H and O–H groups in total. The maximum atomic E-state index is 12.3. The zero-order valence-electron chi connectivity index (χ0n) is 10.2. The maximum absolute atomic E-state index is 12.3. The maximum Gasteiger partial charge on any atom is 0.265 e. The lowest BCUT2D eigenvalue weighted by Gasteiger charge is -2.09. The third kappa shape index (κ3) is 2.93. The minimum atomic E-state index is -3.67. The Labute approximate surface area is 124 Å². The number of halogens is 2. The molecule has 102 valence electrons. The van der Waals surface area contributed by atoms with Gasteiger partial charge in [-0.2, -0.15) is 5.10 Å². The van der Waals surface area contributed by atoms with E-state index in [0.29, 0.717) is 26.6 Å². The van der Waals surface area contributed by atoms with E-state index in [-0.39, 0.29) is 4.90 Å². The van der Waals surface area contributed by atoms with Gasteiger partial charge in [0, 0.05) is 4.47 Å². The second kappa shape index (κ2) is 5.15. The molecule has 0 spiro atoms. The van der Waals surface area contributed by atoms with Crippen LogP contribution in [0.5, 0.6) is 0 Å². The largest absolute Gasteiger partial charge is 0.281 e. The van der Waals surface area contributed by atoms with Crippen LogP contribution >= 0.6 is 27.5 Å². The summed E-state index contributed by atoms with van der Waals surface area (Å²) in [4.78, 5) is 0.165. The van der Waals surface area contributed by atoms with Crippen LogP contribution in [0.2, 0.25) is 5.02 Å². The van der Waals surface area contributed by atoms with E-state index in [1.165, 1.54) is 0 Å². The Morgan fingerprint density at radius 2 is 2.05 bits per heavy atom. The standard InChI is InChI=1S/C11H11BrClN3O2S/c1-6-11(7(2)15-14-6)19(17,18)16-8-3-4-10(13)9(12)5-8/h3-5,16H,1-2H3,(H,14,15). The number of sulfonamides is 1. The van der Waals surface area contributed by atoms with Crippen molar-refractivity contribution in [3.05, 3.63) is 39.1 Å². The molecule has 0 bridgehead atoms. The van der Waals surface area contributed by atoms with Gasteiger partial charge in [-0.25, -0.2) is 8.42 Å². The number of aromatic nitrogens is 2. The van der Waals surface area contributed by atoms with Crippen LogP contribution in [0.15, 0.2) is 27.6 Å². The van der Waals surface area contributed by atoms with E-state index in [9.17, 15) is 8.42 Å². The first-order valence-electron chi connectivity index (χ1n) is 5.30. The van der Waals surface area contributed by atoms with Gasteiger partial charge < -0.3 is 0 Å². The van der Waals surface area contributed by atoms with Gasteiger partial charge in [-0.1, -0.05) is 11.6 Å². The molecular weight excluding hydrogens is 354 g/mol. The summed E-state index contributed by atoms with van der Waals surface area (Å²) in [5.41, 5.74) is 1.35. The van der Waals surface area contributed by atoms with E-state index < -0.39 is 10.0 Å². The summed E-state index contributed by atoms with van der Waals surface area (Å²) in [6.45, 7) is 3.29. The lowest BCUT2D eigenvalue weighted by atomic mass is 10.3. The Morgan fingerprint density at radius 3 is 2.58 bits per heavy atom. The van der Waals surface area contributed by atoms with E-state index in [1.54, 1.807) is 32.0 Å². The second-order valence-corrected chi connectivity index (χ2v) is 6.88. The highest BCUT2D eigenvalue weighted by atomic mass is 79.9. The van der Waals surface area contributed by atoms with Gasteiger partial charge in [0.15, 0.2) is 0 Å². The van der Waals surface area contributed by atoms with Crippen molar-refractivity contribution in [3.63, 3.8) is 0 Å². The van der Waals surface area contributed by atoms with E-state index in [2.05, 4.69) is 30.8 Å². The first-order valence-corrected chi connectivity index (χ1v) is 7.96. The quantitative estimate of drug-likeness (QED) is 0.878. The zero-order chi connectivity index (χ0) is 14.2. The predicted molar refractivity (Wildman–Crippen MR) is 78.0 cm³/mol. The van der Waals surface area contributed by atoms with Crippen LogP contribution in [0.3, 0.4) is 0 Å². The van der Waals surface area contributed by atoms with Gasteiger partial charge in [-0.15, -0.1) is 0 Å². The molecular formula is C11H11BrClN3O2S. The first kappa shape index (κ1) is 14.4. The van der Waals surface area contributed by atoms with Crippen molar-refractivity contribution in [2.45, 2.75) is 18.7 Å². The SMILES string of the molecule is Cc1n[nH]c(C)c1S(=O)(=O)Nc1ccc(Cl)c(Br)c1. The number of nitrogens with zero attached hydrogens (tertiary/aromatic N) is 1. The number of nitrogens with one attached hydrogen (secondary N) is 2. The summed E-state index contributed by atoms with van der Waals surface area (Å²) in [6, 6.07) is 4.80. The minimum Gasteiger partial charge on any atom is -0.281 e. The van der Waals surface area contributed by atoms with Crippen LogP contribution < -0.4 is 4.72 Å². The van der Waals surface area contributed by atoms with Crippen LogP contribution in [0.1, 0.15) is 11.4 Å². The molecule has 19 heavy (non-hydrogen) atoms. The van der Waals surface area contributed by atoms with Crippen LogP contribution in [0.4, 0.5) is 5.69 Å². The van der Waals surface area contributed by atoms with Crippen LogP contribution in [-0.2, 0) is 10.0 Å². The number of hydrogen-bond acceptors (Lipinski definition) is 3. The van der Waals surface area contributed by atoms with Crippen molar-refractivity contribution < 1.29 is 8.42 Å². The number of aromatic amines is 1. The molecule has 1 heterocycles. The van der Waals surface area contributed by atoms with Crippen molar-refractivity contribution >= 4 is 43.2 Å². The molecule has 5 nitrogen and oxygen atoms in total. The van der Waals surface area contributed by atoms with Crippen molar-refractivity contribution in [1.82, 2.24) is 10.2 Å². The first-order chi connectivity index (χ1) is 8.81. The highest BCUT2D eigenvalue weighted by molar-refractivity contribution is 9.10. The fourth-order valence-electron chi connectivity index (χ4n) is 1.70. The van der Waals surface area contributed by atoms with E-state index in [4.69, 9.17) is 11.6 Å². The molecule has 0 saturated heterocycles. The molecule has 2 aromatic rings. The Bertz CT molecular complexity index is 708. The van der Waals surface area contributed by atoms with Gasteiger partial charge in [-0.05, 0) is 48.0 Å². The fourth-order valence-corrected chi connectivity index (χ4v) is 3.62.